The van der Waals surface area contributed by atoms with Crippen LogP contribution >= 0.6 is 11.8 Å². The lowest BCUT2D eigenvalue weighted by Gasteiger charge is -2.27. The van der Waals surface area contributed by atoms with Crippen LogP contribution < -0.4 is 10.6 Å². The molecule has 4 rings (SSSR count). The Morgan fingerprint density at radius 3 is 2.66 bits per heavy atom. The maximum Gasteiger partial charge on any atom is 0.325 e. The predicted octanol–water partition coefficient (Wildman–Crippen LogP) is 3.20. The maximum atomic E-state index is 13.2. The fraction of sp³-hybridized carbons (Fsp3) is 0.318. The van der Waals surface area contributed by atoms with Crippen LogP contribution in [0.15, 0.2) is 59.5 Å². The average molecular weight is 410 g/mol. The van der Waals surface area contributed by atoms with Crippen molar-refractivity contribution in [1.29, 1.82) is 0 Å². The van der Waals surface area contributed by atoms with Crippen molar-refractivity contribution >= 4 is 29.6 Å². The van der Waals surface area contributed by atoms with Crippen LogP contribution in [0, 0.1) is 0 Å². The van der Waals surface area contributed by atoms with E-state index < -0.39 is 11.6 Å². The van der Waals surface area contributed by atoms with Gasteiger partial charge in [0.25, 0.3) is 5.91 Å². The van der Waals surface area contributed by atoms with Crippen LogP contribution in [-0.2, 0) is 15.1 Å². The van der Waals surface area contributed by atoms with Crippen molar-refractivity contribution < 1.29 is 14.4 Å². The molecule has 1 fully saturated rings. The third-order valence-corrected chi connectivity index (χ3v) is 6.69. The molecule has 1 saturated heterocycles. The zero-order valence-corrected chi connectivity index (χ0v) is 17.0. The van der Waals surface area contributed by atoms with E-state index in [9.17, 15) is 14.4 Å². The second kappa shape index (κ2) is 7.91. The molecule has 29 heavy (non-hydrogen) atoms. The molecule has 0 radical (unpaired) electrons. The lowest BCUT2D eigenvalue weighted by atomic mass is 9.87. The van der Waals surface area contributed by atoms with Gasteiger partial charge in [-0.2, -0.15) is 0 Å². The van der Waals surface area contributed by atoms with Gasteiger partial charge in [0.2, 0.25) is 5.91 Å². The quantitative estimate of drug-likeness (QED) is 0.744. The first-order valence-electron chi connectivity index (χ1n) is 9.76. The van der Waals surface area contributed by atoms with Gasteiger partial charge < -0.3 is 10.6 Å². The van der Waals surface area contributed by atoms with Gasteiger partial charge in [-0.1, -0.05) is 55.5 Å². The van der Waals surface area contributed by atoms with Gasteiger partial charge in [0, 0.05) is 10.6 Å². The maximum absolute atomic E-state index is 13.2. The number of carbonyl (C=O) groups is 3. The number of amides is 4. The van der Waals surface area contributed by atoms with Gasteiger partial charge in [-0.3, -0.25) is 14.5 Å². The summed E-state index contributed by atoms with van der Waals surface area (Å²) < 4.78 is 0. The molecular weight excluding hydrogens is 386 g/mol. The minimum atomic E-state index is -1.12. The Bertz CT molecular complexity index is 949. The van der Waals surface area contributed by atoms with Crippen LogP contribution in [0.4, 0.5) is 4.79 Å². The van der Waals surface area contributed by atoms with Gasteiger partial charge in [-0.05, 0) is 30.0 Å². The molecule has 0 aromatic heterocycles. The van der Waals surface area contributed by atoms with Gasteiger partial charge >= 0.3 is 6.03 Å². The molecule has 2 heterocycles. The Morgan fingerprint density at radius 1 is 1.17 bits per heavy atom. The number of hydrogen-bond donors (Lipinski definition) is 2. The zero-order valence-electron chi connectivity index (χ0n) is 16.2. The largest absolute Gasteiger partial charge is 0.348 e. The number of rotatable bonds is 5. The topological polar surface area (TPSA) is 78.5 Å². The van der Waals surface area contributed by atoms with E-state index in [1.54, 1.807) is 11.8 Å². The molecule has 2 aromatic carbocycles. The Kier molecular flexibility index (Phi) is 5.32. The number of carbonyl (C=O) groups excluding carboxylic acids is 3. The van der Waals surface area contributed by atoms with Crippen LogP contribution in [0.2, 0.25) is 0 Å². The Morgan fingerprint density at radius 2 is 1.90 bits per heavy atom. The molecular formula is C22H23N3O3S. The van der Waals surface area contributed by atoms with Gasteiger partial charge in [0.1, 0.15) is 12.1 Å². The summed E-state index contributed by atoms with van der Waals surface area (Å²) in [6.07, 6.45) is 1.23. The normalized spacial score (nSPS) is 23.5. The fourth-order valence-corrected chi connectivity index (χ4v) is 5.13. The molecule has 0 saturated carbocycles. The second-order valence-corrected chi connectivity index (χ2v) is 8.38. The third-order valence-electron chi connectivity index (χ3n) is 5.57. The molecule has 2 aromatic rings. The Labute approximate surface area is 174 Å². The predicted molar refractivity (Wildman–Crippen MR) is 111 cm³/mol. The highest BCUT2D eigenvalue weighted by molar-refractivity contribution is 7.99. The second-order valence-electron chi connectivity index (χ2n) is 7.24. The van der Waals surface area contributed by atoms with Crippen LogP contribution in [0.3, 0.4) is 0 Å². The summed E-state index contributed by atoms with van der Waals surface area (Å²) in [5.41, 5.74) is 0.690. The zero-order chi connectivity index (χ0) is 20.4. The molecule has 0 aliphatic carbocycles. The SMILES string of the molecule is CC[C@@]1(c2ccccc2)NC(=O)N(CC(=O)N[C@H]2CCSc3ccccc32)C1=O. The lowest BCUT2D eigenvalue weighted by Crippen LogP contribution is -2.45. The third kappa shape index (κ3) is 3.51. The first kappa shape index (κ1) is 19.5. The van der Waals surface area contributed by atoms with Crippen molar-refractivity contribution in [3.63, 3.8) is 0 Å². The van der Waals surface area contributed by atoms with Gasteiger partial charge in [0.05, 0.1) is 6.04 Å². The number of nitrogens with one attached hydrogen (secondary N) is 2. The number of urea groups is 1. The van der Waals surface area contributed by atoms with Crippen LogP contribution in [0.1, 0.15) is 36.9 Å². The molecule has 2 aliphatic heterocycles. The van der Waals surface area contributed by atoms with Crippen LogP contribution in [0.5, 0.6) is 0 Å². The number of thioether (sulfide) groups is 1. The molecule has 0 unspecified atom stereocenters. The minimum Gasteiger partial charge on any atom is -0.348 e. The first-order chi connectivity index (χ1) is 14.0. The average Bonchev–Trinajstić information content (AvgIpc) is 3.00. The van der Waals surface area contributed by atoms with Gasteiger partial charge in [0.15, 0.2) is 0 Å². The first-order valence-corrected chi connectivity index (χ1v) is 10.7. The summed E-state index contributed by atoms with van der Waals surface area (Å²) >= 11 is 1.77. The monoisotopic (exact) mass is 409 g/mol. The Balaban J connectivity index is 1.49. The molecule has 4 amide bonds. The summed E-state index contributed by atoms with van der Waals surface area (Å²) in [7, 11) is 0. The van der Waals surface area contributed by atoms with E-state index >= 15 is 0 Å². The van der Waals surface area contributed by atoms with E-state index in [2.05, 4.69) is 10.6 Å². The van der Waals surface area contributed by atoms with Gasteiger partial charge in [-0.25, -0.2) is 4.79 Å². The van der Waals surface area contributed by atoms with Crippen molar-refractivity contribution in [3.8, 4) is 0 Å². The smallest absolute Gasteiger partial charge is 0.325 e. The number of hydrogen-bond acceptors (Lipinski definition) is 4. The number of fused-ring (bicyclic) bond motifs is 1. The summed E-state index contributed by atoms with van der Waals surface area (Å²) in [5, 5.41) is 5.81. The molecule has 0 bridgehead atoms. The van der Waals surface area contributed by atoms with Gasteiger partial charge in [-0.15, -0.1) is 11.8 Å². The fourth-order valence-electron chi connectivity index (χ4n) is 4.01. The van der Waals surface area contributed by atoms with Crippen molar-refractivity contribution in [2.45, 2.75) is 36.2 Å². The van der Waals surface area contributed by atoms with Crippen molar-refractivity contribution in [3.05, 3.63) is 65.7 Å². The van der Waals surface area contributed by atoms with E-state index in [1.165, 1.54) is 0 Å². The van der Waals surface area contributed by atoms with Crippen molar-refractivity contribution in [2.75, 3.05) is 12.3 Å². The molecule has 6 nitrogen and oxygen atoms in total. The molecule has 2 aliphatic rings. The summed E-state index contributed by atoms with van der Waals surface area (Å²) in [6.45, 7) is 1.57. The molecule has 150 valence electrons. The van der Waals surface area contributed by atoms with Crippen LogP contribution in [-0.4, -0.2) is 35.0 Å². The highest BCUT2D eigenvalue weighted by atomic mass is 32.2. The molecule has 2 N–H and O–H groups in total. The van der Waals surface area contributed by atoms with E-state index in [0.717, 1.165) is 33.1 Å². The van der Waals surface area contributed by atoms with E-state index in [1.807, 2.05) is 61.5 Å². The lowest BCUT2D eigenvalue weighted by molar-refractivity contribution is -0.135. The van der Waals surface area contributed by atoms with Crippen molar-refractivity contribution in [1.82, 2.24) is 15.5 Å². The van der Waals surface area contributed by atoms with Crippen molar-refractivity contribution in [2.24, 2.45) is 0 Å². The number of nitrogens with zero attached hydrogens (tertiary/aromatic N) is 1. The highest BCUT2D eigenvalue weighted by Gasteiger charge is 2.51. The standard InChI is InChI=1S/C22H23N3O3S/c1-2-22(15-8-4-3-5-9-15)20(27)25(21(28)24-22)14-19(26)23-17-12-13-29-18-11-7-6-10-16(17)18/h3-11,17H,2,12-14H2,1H3,(H,23,26)(H,24,28)/t17-,22-/m0/s1. The van der Waals surface area contributed by atoms with E-state index in [4.69, 9.17) is 0 Å². The Hall–Kier alpha value is -2.80. The van der Waals surface area contributed by atoms with Crippen LogP contribution in [0.25, 0.3) is 0 Å². The summed E-state index contributed by atoms with van der Waals surface area (Å²) in [6, 6.07) is 16.5. The summed E-state index contributed by atoms with van der Waals surface area (Å²) in [5.74, 6) is 0.198. The highest BCUT2D eigenvalue weighted by Crippen LogP contribution is 2.36. The number of benzene rings is 2. The molecule has 2 atom stereocenters. The molecule has 7 heteroatoms. The number of imide groups is 1. The minimum absolute atomic E-state index is 0.106. The molecule has 0 spiro atoms. The summed E-state index contributed by atoms with van der Waals surface area (Å²) in [4.78, 5) is 40.6. The van der Waals surface area contributed by atoms with E-state index in [0.29, 0.717) is 6.42 Å². The van der Waals surface area contributed by atoms with E-state index in [-0.39, 0.29) is 24.4 Å².